The first kappa shape index (κ1) is 17.4. The SMILES string of the molecule is COc1cccc(CN2CCC[C@H](c3ccnn3CC(=O)O)C2)c1F. The molecule has 1 aromatic carbocycles. The maximum absolute atomic E-state index is 14.4. The average Bonchev–Trinajstić information content (AvgIpc) is 3.04. The largest absolute Gasteiger partial charge is 0.494 e. The van der Waals surface area contributed by atoms with Crippen LogP contribution in [0.1, 0.15) is 30.0 Å². The molecule has 0 amide bonds. The highest BCUT2D eigenvalue weighted by atomic mass is 19.1. The average molecular weight is 347 g/mol. The Balaban J connectivity index is 1.72. The van der Waals surface area contributed by atoms with Crippen molar-refractivity contribution in [3.63, 3.8) is 0 Å². The first-order chi connectivity index (χ1) is 12.1. The maximum Gasteiger partial charge on any atom is 0.325 e. The van der Waals surface area contributed by atoms with Gasteiger partial charge in [0.1, 0.15) is 6.54 Å². The van der Waals surface area contributed by atoms with Gasteiger partial charge < -0.3 is 9.84 Å². The summed E-state index contributed by atoms with van der Waals surface area (Å²) in [6.45, 7) is 2.01. The van der Waals surface area contributed by atoms with Crippen LogP contribution in [0.25, 0.3) is 0 Å². The maximum atomic E-state index is 14.4. The first-order valence-electron chi connectivity index (χ1n) is 8.35. The van der Waals surface area contributed by atoms with E-state index in [1.807, 2.05) is 6.07 Å². The van der Waals surface area contributed by atoms with Crippen LogP contribution < -0.4 is 4.74 Å². The van der Waals surface area contributed by atoms with Gasteiger partial charge in [0.05, 0.1) is 7.11 Å². The summed E-state index contributed by atoms with van der Waals surface area (Å²) in [5.41, 5.74) is 1.54. The second-order valence-electron chi connectivity index (χ2n) is 6.32. The van der Waals surface area contributed by atoms with E-state index in [2.05, 4.69) is 10.00 Å². The van der Waals surface area contributed by atoms with Gasteiger partial charge in [-0.3, -0.25) is 14.4 Å². The minimum absolute atomic E-state index is 0.136. The molecule has 1 fully saturated rings. The fourth-order valence-electron chi connectivity index (χ4n) is 3.47. The number of ether oxygens (including phenoxy) is 1. The lowest BCUT2D eigenvalue weighted by atomic mass is 9.94. The van der Waals surface area contributed by atoms with E-state index in [9.17, 15) is 9.18 Å². The summed E-state index contributed by atoms with van der Waals surface area (Å²) in [7, 11) is 1.46. The molecule has 1 atom stereocenters. The van der Waals surface area contributed by atoms with Gasteiger partial charge in [-0.05, 0) is 31.5 Å². The second kappa shape index (κ2) is 7.65. The Morgan fingerprint density at radius 3 is 3.04 bits per heavy atom. The topological polar surface area (TPSA) is 67.6 Å². The molecule has 7 heteroatoms. The van der Waals surface area contributed by atoms with E-state index in [0.717, 1.165) is 31.6 Å². The van der Waals surface area contributed by atoms with E-state index in [-0.39, 0.29) is 24.0 Å². The van der Waals surface area contributed by atoms with Gasteiger partial charge in [0, 0.05) is 36.5 Å². The summed E-state index contributed by atoms with van der Waals surface area (Å²) in [4.78, 5) is 13.2. The van der Waals surface area contributed by atoms with Crippen LogP contribution in [0.4, 0.5) is 4.39 Å². The molecule has 25 heavy (non-hydrogen) atoms. The van der Waals surface area contributed by atoms with E-state index in [1.165, 1.54) is 7.11 Å². The second-order valence-corrected chi connectivity index (χ2v) is 6.32. The number of rotatable bonds is 6. The zero-order valence-electron chi connectivity index (χ0n) is 14.2. The number of aliphatic carboxylic acids is 1. The Labute approximate surface area is 145 Å². The molecule has 2 heterocycles. The van der Waals surface area contributed by atoms with Gasteiger partial charge in [0.2, 0.25) is 0 Å². The minimum atomic E-state index is -0.906. The number of methoxy groups -OCH3 is 1. The highest BCUT2D eigenvalue weighted by Crippen LogP contribution is 2.29. The van der Waals surface area contributed by atoms with Crippen LogP contribution in [0.5, 0.6) is 5.75 Å². The number of piperidine rings is 1. The number of carboxylic acids is 1. The number of hydrogen-bond donors (Lipinski definition) is 1. The lowest BCUT2D eigenvalue weighted by molar-refractivity contribution is -0.137. The lowest BCUT2D eigenvalue weighted by Crippen LogP contribution is -2.35. The van der Waals surface area contributed by atoms with Gasteiger partial charge in [-0.15, -0.1) is 0 Å². The number of aromatic nitrogens is 2. The van der Waals surface area contributed by atoms with Crippen molar-refractivity contribution in [2.45, 2.75) is 31.8 Å². The molecule has 0 bridgehead atoms. The molecule has 1 N–H and O–H groups in total. The Morgan fingerprint density at radius 1 is 1.44 bits per heavy atom. The van der Waals surface area contributed by atoms with Gasteiger partial charge in [-0.1, -0.05) is 12.1 Å². The molecule has 1 saturated heterocycles. The monoisotopic (exact) mass is 347 g/mol. The van der Waals surface area contributed by atoms with Crippen LogP contribution in [0.2, 0.25) is 0 Å². The van der Waals surface area contributed by atoms with Crippen molar-refractivity contribution in [2.75, 3.05) is 20.2 Å². The molecule has 1 aliphatic heterocycles. The van der Waals surface area contributed by atoms with E-state index in [1.54, 1.807) is 29.1 Å². The number of hydrogen-bond acceptors (Lipinski definition) is 4. The molecule has 1 aromatic heterocycles. The van der Waals surface area contributed by atoms with Crippen LogP contribution >= 0.6 is 0 Å². The number of halogens is 1. The van der Waals surface area contributed by atoms with E-state index >= 15 is 0 Å². The van der Waals surface area contributed by atoms with E-state index in [0.29, 0.717) is 12.1 Å². The molecule has 3 rings (SSSR count). The van der Waals surface area contributed by atoms with Crippen molar-refractivity contribution >= 4 is 5.97 Å². The fraction of sp³-hybridized carbons (Fsp3) is 0.444. The Bertz CT molecular complexity index is 747. The van der Waals surface area contributed by atoms with Crippen molar-refractivity contribution in [2.24, 2.45) is 0 Å². The third-order valence-electron chi connectivity index (χ3n) is 4.62. The molecule has 2 aromatic rings. The summed E-state index contributed by atoms with van der Waals surface area (Å²) in [5.74, 6) is -0.769. The van der Waals surface area contributed by atoms with Gasteiger partial charge >= 0.3 is 5.97 Å². The van der Waals surface area contributed by atoms with Crippen LogP contribution in [-0.4, -0.2) is 46.0 Å². The number of carbonyl (C=O) groups is 1. The molecule has 0 radical (unpaired) electrons. The number of benzene rings is 1. The Morgan fingerprint density at radius 2 is 2.28 bits per heavy atom. The lowest BCUT2D eigenvalue weighted by Gasteiger charge is -2.33. The molecular formula is C18H22FN3O3. The fourth-order valence-corrected chi connectivity index (χ4v) is 3.47. The normalized spacial score (nSPS) is 18.2. The zero-order valence-corrected chi connectivity index (χ0v) is 14.2. The molecule has 0 spiro atoms. The minimum Gasteiger partial charge on any atom is -0.494 e. The summed E-state index contributed by atoms with van der Waals surface area (Å²) < 4.78 is 21.0. The predicted molar refractivity (Wildman–Crippen MR) is 90.1 cm³/mol. The molecule has 0 saturated carbocycles. The van der Waals surface area contributed by atoms with Gasteiger partial charge in [0.15, 0.2) is 11.6 Å². The van der Waals surface area contributed by atoms with Gasteiger partial charge in [0.25, 0.3) is 0 Å². The highest BCUT2D eigenvalue weighted by Gasteiger charge is 2.25. The van der Waals surface area contributed by atoms with Crippen molar-refractivity contribution < 1.29 is 19.0 Å². The van der Waals surface area contributed by atoms with Crippen LogP contribution in [0, 0.1) is 5.82 Å². The summed E-state index contributed by atoms with van der Waals surface area (Å²) >= 11 is 0. The van der Waals surface area contributed by atoms with Crippen molar-refractivity contribution in [1.82, 2.24) is 14.7 Å². The van der Waals surface area contributed by atoms with Crippen LogP contribution in [0.3, 0.4) is 0 Å². The Kier molecular flexibility index (Phi) is 5.33. The first-order valence-corrected chi connectivity index (χ1v) is 8.35. The third-order valence-corrected chi connectivity index (χ3v) is 4.62. The van der Waals surface area contributed by atoms with Gasteiger partial charge in [-0.25, -0.2) is 4.39 Å². The Hall–Kier alpha value is -2.41. The molecule has 1 aliphatic rings. The van der Waals surface area contributed by atoms with Crippen molar-refractivity contribution in [3.8, 4) is 5.75 Å². The number of nitrogens with zero attached hydrogens (tertiary/aromatic N) is 3. The van der Waals surface area contributed by atoms with Crippen LogP contribution in [-0.2, 0) is 17.9 Å². The molecule has 6 nitrogen and oxygen atoms in total. The highest BCUT2D eigenvalue weighted by molar-refractivity contribution is 5.66. The number of carboxylic acid groups (broad SMARTS) is 1. The van der Waals surface area contributed by atoms with Crippen LogP contribution in [0.15, 0.2) is 30.5 Å². The quantitative estimate of drug-likeness (QED) is 0.870. The third kappa shape index (κ3) is 3.99. The molecule has 134 valence electrons. The molecule has 0 aliphatic carbocycles. The zero-order chi connectivity index (χ0) is 17.8. The summed E-state index contributed by atoms with van der Waals surface area (Å²) in [6.07, 6.45) is 3.59. The van der Waals surface area contributed by atoms with Gasteiger partial charge in [-0.2, -0.15) is 5.10 Å². The number of likely N-dealkylation sites (tertiary alicyclic amines) is 1. The van der Waals surface area contributed by atoms with E-state index in [4.69, 9.17) is 9.84 Å². The van der Waals surface area contributed by atoms with Crippen molar-refractivity contribution in [1.29, 1.82) is 0 Å². The standard InChI is InChI=1S/C18H22FN3O3/c1-25-16-6-2-4-14(18(16)19)11-21-9-3-5-13(10-21)15-7-8-20-22(15)12-17(23)24/h2,4,6-8,13H,3,5,9-12H2,1H3,(H,23,24)/t13-/m0/s1. The van der Waals surface area contributed by atoms with Crippen molar-refractivity contribution in [3.05, 3.63) is 47.5 Å². The summed E-state index contributed by atoms with van der Waals surface area (Å²) in [6, 6.07) is 7.06. The summed E-state index contributed by atoms with van der Waals surface area (Å²) in [5, 5.41) is 13.1. The smallest absolute Gasteiger partial charge is 0.325 e. The predicted octanol–water partition coefficient (Wildman–Crippen LogP) is 2.50. The molecule has 0 unspecified atom stereocenters. The molecular weight excluding hydrogens is 325 g/mol. The van der Waals surface area contributed by atoms with E-state index < -0.39 is 5.97 Å².